The molecule has 0 amide bonds. The van der Waals surface area contributed by atoms with E-state index in [2.05, 4.69) is 34.4 Å². The van der Waals surface area contributed by atoms with Gasteiger partial charge >= 0.3 is 0 Å². The van der Waals surface area contributed by atoms with E-state index in [-0.39, 0.29) is 13.7 Å². The van der Waals surface area contributed by atoms with Crippen LogP contribution in [0.25, 0.3) is 0 Å². The van der Waals surface area contributed by atoms with Crippen molar-refractivity contribution in [2.45, 2.75) is 88.7 Å². The molecule has 0 bridgehead atoms. The van der Waals surface area contributed by atoms with E-state index >= 15 is 0 Å². The van der Waals surface area contributed by atoms with Crippen molar-refractivity contribution < 1.29 is 9.47 Å². The third-order valence-corrected chi connectivity index (χ3v) is 10.5. The molecule has 2 nitrogen and oxygen atoms in total. The van der Waals surface area contributed by atoms with Crippen molar-refractivity contribution in [1.82, 2.24) is 0 Å². The zero-order valence-electron chi connectivity index (χ0n) is 14.1. The fraction of sp³-hybridized carbons (Fsp3) is 1.00. The molecule has 2 heterocycles. The summed E-state index contributed by atoms with van der Waals surface area (Å²) in [5.41, 5.74) is 0. The van der Waals surface area contributed by atoms with Crippen molar-refractivity contribution >= 4 is 7.92 Å². The molecule has 1 spiro atoms. The molecule has 3 heteroatoms. The summed E-state index contributed by atoms with van der Waals surface area (Å²) >= 11 is 0. The Bertz CT molecular complexity index is 321. The Morgan fingerprint density at radius 2 is 1.35 bits per heavy atom. The Labute approximate surface area is 126 Å². The van der Waals surface area contributed by atoms with Gasteiger partial charge < -0.3 is 9.47 Å². The second-order valence-corrected chi connectivity index (χ2v) is 9.79. The van der Waals surface area contributed by atoms with Crippen LogP contribution in [-0.4, -0.2) is 36.0 Å². The predicted molar refractivity (Wildman–Crippen MR) is 88.0 cm³/mol. The molecule has 2 unspecified atom stereocenters. The fourth-order valence-corrected chi connectivity index (χ4v) is 8.69. The molecule has 0 radical (unpaired) electrons. The molecule has 2 aliphatic heterocycles. The molecule has 20 heavy (non-hydrogen) atoms. The molecule has 0 aromatic heterocycles. The first kappa shape index (κ1) is 16.7. The molecule has 2 fully saturated rings. The summed E-state index contributed by atoms with van der Waals surface area (Å²) in [6, 6.07) is 0. The highest BCUT2D eigenvalue weighted by molar-refractivity contribution is 7.60. The summed E-state index contributed by atoms with van der Waals surface area (Å²) in [5.74, 6) is -0.258. The Kier molecular flexibility index (Phi) is 5.20. The topological polar surface area (TPSA) is 18.5 Å². The average Bonchev–Trinajstić information content (AvgIpc) is 2.91. The van der Waals surface area contributed by atoms with E-state index in [9.17, 15) is 0 Å². The van der Waals surface area contributed by atoms with Crippen molar-refractivity contribution in [3.63, 3.8) is 0 Å². The summed E-state index contributed by atoms with van der Waals surface area (Å²) in [7, 11) is 0.00468. The molecule has 0 N–H and O–H groups in total. The summed E-state index contributed by atoms with van der Waals surface area (Å²) in [6.07, 6.45) is 8.69. The van der Waals surface area contributed by atoms with Gasteiger partial charge in [-0.3, -0.25) is 0 Å². The third kappa shape index (κ3) is 2.57. The van der Waals surface area contributed by atoms with Crippen molar-refractivity contribution in [2.24, 2.45) is 0 Å². The number of rotatable bonds is 5. The summed E-state index contributed by atoms with van der Waals surface area (Å²) in [5, 5.41) is 0.905. The highest BCUT2D eigenvalue weighted by Gasteiger charge is 2.58. The van der Waals surface area contributed by atoms with Gasteiger partial charge in [0.1, 0.15) is 0 Å². The van der Waals surface area contributed by atoms with E-state index in [0.717, 1.165) is 26.1 Å². The Hall–Kier alpha value is 0.350. The van der Waals surface area contributed by atoms with Crippen LogP contribution in [0.15, 0.2) is 0 Å². The SMILES string of the molecule is CCCC1(CC)CC2(CC(CC)(CC)P1C)OCCO2. The van der Waals surface area contributed by atoms with E-state index in [1.807, 2.05) is 0 Å². The predicted octanol–water partition coefficient (Wildman–Crippen LogP) is 5.14. The zero-order chi connectivity index (χ0) is 14.9. The molecule has 2 atom stereocenters. The van der Waals surface area contributed by atoms with Gasteiger partial charge in [0.15, 0.2) is 5.79 Å². The minimum atomic E-state index is -0.258. The van der Waals surface area contributed by atoms with Crippen LogP contribution in [0.2, 0.25) is 0 Å². The number of ether oxygens (including phenoxy) is 2. The largest absolute Gasteiger partial charge is 0.347 e. The van der Waals surface area contributed by atoms with Crippen molar-refractivity contribution in [2.75, 3.05) is 19.9 Å². The summed E-state index contributed by atoms with van der Waals surface area (Å²) < 4.78 is 12.4. The van der Waals surface area contributed by atoms with E-state index in [1.165, 1.54) is 32.1 Å². The zero-order valence-corrected chi connectivity index (χ0v) is 15.0. The first-order chi connectivity index (χ1) is 9.52. The first-order valence-electron chi connectivity index (χ1n) is 8.54. The number of hydrogen-bond acceptors (Lipinski definition) is 2. The lowest BCUT2D eigenvalue weighted by atomic mass is 9.83. The van der Waals surface area contributed by atoms with Gasteiger partial charge in [-0.25, -0.2) is 0 Å². The summed E-state index contributed by atoms with van der Waals surface area (Å²) in [4.78, 5) is 0. The monoisotopic (exact) mass is 300 g/mol. The van der Waals surface area contributed by atoms with Gasteiger partial charge in [0.25, 0.3) is 0 Å². The highest BCUT2D eigenvalue weighted by Crippen LogP contribution is 2.71. The molecule has 0 aromatic carbocycles. The van der Waals surface area contributed by atoms with Gasteiger partial charge in [-0.15, -0.1) is 0 Å². The minimum Gasteiger partial charge on any atom is -0.347 e. The van der Waals surface area contributed by atoms with E-state index in [4.69, 9.17) is 9.47 Å². The second-order valence-electron chi connectivity index (χ2n) is 6.78. The van der Waals surface area contributed by atoms with E-state index in [1.54, 1.807) is 0 Å². The van der Waals surface area contributed by atoms with Crippen LogP contribution in [0, 0.1) is 0 Å². The van der Waals surface area contributed by atoms with Crippen LogP contribution in [0.4, 0.5) is 0 Å². The molecular formula is C17H33O2P. The van der Waals surface area contributed by atoms with Crippen LogP contribution in [0.3, 0.4) is 0 Å². The van der Waals surface area contributed by atoms with E-state index < -0.39 is 0 Å². The van der Waals surface area contributed by atoms with Gasteiger partial charge in [0, 0.05) is 12.8 Å². The van der Waals surface area contributed by atoms with Crippen LogP contribution < -0.4 is 0 Å². The van der Waals surface area contributed by atoms with Crippen LogP contribution in [0.1, 0.15) is 72.6 Å². The minimum absolute atomic E-state index is 0.00468. The molecule has 2 aliphatic rings. The average molecular weight is 300 g/mol. The quantitative estimate of drug-likeness (QED) is 0.654. The van der Waals surface area contributed by atoms with Crippen molar-refractivity contribution in [1.29, 1.82) is 0 Å². The highest BCUT2D eigenvalue weighted by atomic mass is 31.1. The maximum atomic E-state index is 6.18. The molecule has 2 rings (SSSR count). The molecule has 118 valence electrons. The van der Waals surface area contributed by atoms with Crippen LogP contribution in [0.5, 0.6) is 0 Å². The van der Waals surface area contributed by atoms with Crippen molar-refractivity contribution in [3.05, 3.63) is 0 Å². The Morgan fingerprint density at radius 1 is 0.850 bits per heavy atom. The lowest BCUT2D eigenvalue weighted by Gasteiger charge is -2.59. The standard InChI is InChI=1S/C17H33O2P/c1-6-10-16(9-4)14-17(18-11-12-19-17)13-15(7-2,8-3)20(16)5/h6-14H2,1-5H3. The van der Waals surface area contributed by atoms with Crippen LogP contribution >= 0.6 is 7.92 Å². The van der Waals surface area contributed by atoms with Crippen molar-refractivity contribution in [3.8, 4) is 0 Å². The molecule has 0 aromatic rings. The third-order valence-electron chi connectivity index (χ3n) is 6.12. The second kappa shape index (κ2) is 6.23. The lowest BCUT2D eigenvalue weighted by molar-refractivity contribution is -0.183. The van der Waals surface area contributed by atoms with Gasteiger partial charge in [0.2, 0.25) is 0 Å². The molecular weight excluding hydrogens is 267 g/mol. The van der Waals surface area contributed by atoms with Gasteiger partial charge in [-0.05, 0) is 42.7 Å². The number of hydrogen-bond donors (Lipinski definition) is 0. The first-order valence-corrected chi connectivity index (χ1v) is 10.3. The molecule has 2 saturated heterocycles. The smallest absolute Gasteiger partial charge is 0.170 e. The van der Waals surface area contributed by atoms with Gasteiger partial charge in [-0.2, -0.15) is 0 Å². The Morgan fingerprint density at radius 3 is 1.80 bits per heavy atom. The maximum absolute atomic E-state index is 6.18. The molecule has 0 aliphatic carbocycles. The Balaban J connectivity index is 2.40. The lowest BCUT2D eigenvalue weighted by Crippen LogP contribution is -2.54. The summed E-state index contributed by atoms with van der Waals surface area (Å²) in [6.45, 7) is 13.6. The van der Waals surface area contributed by atoms with Gasteiger partial charge in [-0.1, -0.05) is 42.0 Å². The van der Waals surface area contributed by atoms with Crippen LogP contribution in [-0.2, 0) is 9.47 Å². The van der Waals surface area contributed by atoms with E-state index in [0.29, 0.717) is 10.3 Å². The fourth-order valence-electron chi connectivity index (χ4n) is 4.74. The molecule has 0 saturated carbocycles. The van der Waals surface area contributed by atoms with Gasteiger partial charge in [0.05, 0.1) is 13.2 Å². The maximum Gasteiger partial charge on any atom is 0.170 e. The normalized spacial score (nSPS) is 35.5.